The number of aromatic carboxylic acids is 2. The standard InChI is InChI=1S/C10H9ClO4/c1-4-3-6(9(12)13)7(10(14)15)5(2)8(4)11/h3H,1-2H3,(H,12,13)(H,14,15). The molecule has 0 aliphatic heterocycles. The van der Waals surface area contributed by atoms with Gasteiger partial charge in [0.2, 0.25) is 0 Å². The third-order valence-corrected chi connectivity index (χ3v) is 2.71. The summed E-state index contributed by atoms with van der Waals surface area (Å²) >= 11 is 5.85. The second kappa shape index (κ2) is 3.90. The maximum Gasteiger partial charge on any atom is 0.336 e. The third kappa shape index (κ3) is 1.94. The van der Waals surface area contributed by atoms with Crippen molar-refractivity contribution in [3.05, 3.63) is 33.3 Å². The van der Waals surface area contributed by atoms with Crippen molar-refractivity contribution in [3.8, 4) is 0 Å². The lowest BCUT2D eigenvalue weighted by Gasteiger charge is -2.09. The Bertz CT molecular complexity index is 451. The summed E-state index contributed by atoms with van der Waals surface area (Å²) in [6.07, 6.45) is 0. The lowest BCUT2D eigenvalue weighted by molar-refractivity contribution is 0.0650. The van der Waals surface area contributed by atoms with Crippen molar-refractivity contribution < 1.29 is 19.8 Å². The fourth-order valence-electron chi connectivity index (χ4n) is 1.40. The molecule has 1 aromatic carbocycles. The highest BCUT2D eigenvalue weighted by Gasteiger charge is 2.21. The second-order valence-corrected chi connectivity index (χ2v) is 3.54. The molecule has 5 heteroatoms. The minimum Gasteiger partial charge on any atom is -0.478 e. The van der Waals surface area contributed by atoms with Gasteiger partial charge < -0.3 is 10.2 Å². The minimum absolute atomic E-state index is 0.234. The molecule has 0 fully saturated rings. The van der Waals surface area contributed by atoms with Crippen molar-refractivity contribution in [3.63, 3.8) is 0 Å². The van der Waals surface area contributed by atoms with Crippen LogP contribution in [-0.4, -0.2) is 22.2 Å². The first-order valence-electron chi connectivity index (χ1n) is 4.12. The van der Waals surface area contributed by atoms with E-state index >= 15 is 0 Å². The van der Waals surface area contributed by atoms with Gasteiger partial charge in [0.05, 0.1) is 11.1 Å². The molecule has 2 N–H and O–H groups in total. The fraction of sp³-hybridized carbons (Fsp3) is 0.200. The number of halogens is 1. The Morgan fingerprint density at radius 2 is 1.73 bits per heavy atom. The van der Waals surface area contributed by atoms with Crippen molar-refractivity contribution in [1.82, 2.24) is 0 Å². The Morgan fingerprint density at radius 3 is 2.13 bits per heavy atom. The number of carbonyl (C=O) groups is 2. The van der Waals surface area contributed by atoms with Crippen LogP contribution in [0.1, 0.15) is 31.8 Å². The van der Waals surface area contributed by atoms with E-state index < -0.39 is 11.9 Å². The fourth-order valence-corrected chi connectivity index (χ4v) is 1.55. The van der Waals surface area contributed by atoms with Gasteiger partial charge >= 0.3 is 11.9 Å². The van der Waals surface area contributed by atoms with Gasteiger partial charge in [0.15, 0.2) is 0 Å². The molecule has 0 atom stereocenters. The van der Waals surface area contributed by atoms with E-state index in [2.05, 4.69) is 0 Å². The van der Waals surface area contributed by atoms with Crippen molar-refractivity contribution in [2.24, 2.45) is 0 Å². The molecule has 1 rings (SSSR count). The van der Waals surface area contributed by atoms with Gasteiger partial charge in [-0.15, -0.1) is 0 Å². The van der Waals surface area contributed by atoms with Gasteiger partial charge in [0, 0.05) is 5.02 Å². The Labute approximate surface area is 91.1 Å². The van der Waals surface area contributed by atoms with Crippen LogP contribution in [0.15, 0.2) is 6.07 Å². The summed E-state index contributed by atoms with van der Waals surface area (Å²) in [7, 11) is 0. The molecule has 0 aromatic heterocycles. The average Bonchev–Trinajstić information content (AvgIpc) is 2.12. The first kappa shape index (κ1) is 11.5. The van der Waals surface area contributed by atoms with Gasteiger partial charge in [-0.1, -0.05) is 11.6 Å². The molecule has 80 valence electrons. The van der Waals surface area contributed by atoms with Crippen LogP contribution in [0.3, 0.4) is 0 Å². The van der Waals surface area contributed by atoms with Gasteiger partial charge in [0.1, 0.15) is 0 Å². The van der Waals surface area contributed by atoms with E-state index in [1.807, 2.05) is 0 Å². The van der Waals surface area contributed by atoms with Gasteiger partial charge in [-0.25, -0.2) is 9.59 Å². The van der Waals surface area contributed by atoms with E-state index in [-0.39, 0.29) is 21.7 Å². The number of benzene rings is 1. The number of rotatable bonds is 2. The highest BCUT2D eigenvalue weighted by Crippen LogP contribution is 2.26. The Balaban J connectivity index is 3.65. The zero-order chi connectivity index (χ0) is 11.7. The molecule has 0 unspecified atom stereocenters. The predicted octanol–water partition coefficient (Wildman–Crippen LogP) is 2.35. The normalized spacial score (nSPS) is 10.1. The van der Waals surface area contributed by atoms with Crippen LogP contribution in [0.4, 0.5) is 0 Å². The zero-order valence-electron chi connectivity index (χ0n) is 8.17. The quantitative estimate of drug-likeness (QED) is 0.815. The van der Waals surface area contributed by atoms with Crippen LogP contribution in [0, 0.1) is 13.8 Å². The van der Waals surface area contributed by atoms with Crippen LogP contribution in [-0.2, 0) is 0 Å². The summed E-state index contributed by atoms with van der Waals surface area (Å²) in [6, 6.07) is 1.26. The van der Waals surface area contributed by atoms with Crippen molar-refractivity contribution in [2.75, 3.05) is 0 Å². The smallest absolute Gasteiger partial charge is 0.336 e. The molecule has 0 spiro atoms. The predicted molar refractivity (Wildman–Crippen MR) is 54.8 cm³/mol. The third-order valence-electron chi connectivity index (χ3n) is 2.12. The molecule has 0 saturated carbocycles. The van der Waals surface area contributed by atoms with E-state index in [4.69, 9.17) is 21.8 Å². The molecule has 0 saturated heterocycles. The molecule has 0 radical (unpaired) electrons. The summed E-state index contributed by atoms with van der Waals surface area (Å²) in [4.78, 5) is 21.7. The van der Waals surface area contributed by atoms with E-state index in [0.29, 0.717) is 5.56 Å². The minimum atomic E-state index is -1.29. The zero-order valence-corrected chi connectivity index (χ0v) is 8.92. The van der Waals surface area contributed by atoms with Crippen LogP contribution >= 0.6 is 11.6 Å². The first-order valence-corrected chi connectivity index (χ1v) is 4.50. The molecule has 0 aliphatic rings. The second-order valence-electron chi connectivity index (χ2n) is 3.17. The van der Waals surface area contributed by atoms with Gasteiger partial charge in [-0.2, -0.15) is 0 Å². The summed E-state index contributed by atoms with van der Waals surface area (Å²) < 4.78 is 0. The Morgan fingerprint density at radius 1 is 1.20 bits per heavy atom. The molecule has 0 heterocycles. The lowest BCUT2D eigenvalue weighted by Crippen LogP contribution is -2.11. The number of carboxylic acid groups (broad SMARTS) is 2. The van der Waals surface area contributed by atoms with E-state index in [1.165, 1.54) is 13.0 Å². The number of carboxylic acids is 2. The molecule has 4 nitrogen and oxygen atoms in total. The average molecular weight is 229 g/mol. The van der Waals surface area contributed by atoms with E-state index in [0.717, 1.165) is 0 Å². The molecule has 0 bridgehead atoms. The molecule has 15 heavy (non-hydrogen) atoms. The first-order chi connectivity index (χ1) is 6.86. The summed E-state index contributed by atoms with van der Waals surface area (Å²) in [5, 5.41) is 18.0. The monoisotopic (exact) mass is 228 g/mol. The highest BCUT2D eigenvalue weighted by molar-refractivity contribution is 6.32. The number of aryl methyl sites for hydroxylation is 1. The maximum atomic E-state index is 10.9. The van der Waals surface area contributed by atoms with Crippen molar-refractivity contribution >= 4 is 23.5 Å². The van der Waals surface area contributed by atoms with E-state index in [1.54, 1.807) is 6.92 Å². The highest BCUT2D eigenvalue weighted by atomic mass is 35.5. The number of hydrogen-bond acceptors (Lipinski definition) is 2. The van der Waals surface area contributed by atoms with Gasteiger partial charge in [-0.3, -0.25) is 0 Å². The largest absolute Gasteiger partial charge is 0.478 e. The molecule has 0 aliphatic carbocycles. The van der Waals surface area contributed by atoms with Crippen LogP contribution in [0.2, 0.25) is 5.02 Å². The molecular weight excluding hydrogens is 220 g/mol. The van der Waals surface area contributed by atoms with E-state index in [9.17, 15) is 9.59 Å². The number of hydrogen-bond donors (Lipinski definition) is 2. The van der Waals surface area contributed by atoms with Crippen LogP contribution in [0.5, 0.6) is 0 Å². The summed E-state index contributed by atoms with van der Waals surface area (Å²) in [6.45, 7) is 3.12. The topological polar surface area (TPSA) is 74.6 Å². The molecular formula is C10H9ClO4. The Kier molecular flexibility index (Phi) is 3.00. The van der Waals surface area contributed by atoms with Gasteiger partial charge in [0.25, 0.3) is 0 Å². The lowest BCUT2D eigenvalue weighted by atomic mass is 9.99. The summed E-state index contributed by atoms with van der Waals surface area (Å²) in [5.41, 5.74) is 0.345. The summed E-state index contributed by atoms with van der Waals surface area (Å²) in [5.74, 6) is -2.55. The van der Waals surface area contributed by atoms with Crippen LogP contribution in [0.25, 0.3) is 0 Å². The van der Waals surface area contributed by atoms with Gasteiger partial charge in [-0.05, 0) is 31.0 Å². The van der Waals surface area contributed by atoms with Crippen molar-refractivity contribution in [1.29, 1.82) is 0 Å². The van der Waals surface area contributed by atoms with Crippen LogP contribution < -0.4 is 0 Å². The maximum absolute atomic E-state index is 10.9. The molecule has 1 aromatic rings. The molecule has 0 amide bonds. The van der Waals surface area contributed by atoms with Crippen molar-refractivity contribution in [2.45, 2.75) is 13.8 Å². The SMILES string of the molecule is Cc1cc(C(=O)O)c(C(=O)O)c(C)c1Cl. The Hall–Kier alpha value is -1.55.